The van der Waals surface area contributed by atoms with Gasteiger partial charge in [-0.15, -0.1) is 161 Å². The van der Waals surface area contributed by atoms with E-state index in [1.165, 1.54) is 49.5 Å². The van der Waals surface area contributed by atoms with Gasteiger partial charge in [0.2, 0.25) is 0 Å². The second-order valence-electron chi connectivity index (χ2n) is 29.6. The predicted octanol–water partition coefficient (Wildman–Crippen LogP) is 26.2. The summed E-state index contributed by atoms with van der Waals surface area (Å²) in [5.74, 6) is 2.68. The zero-order valence-electron chi connectivity index (χ0n) is 65.9. The zero-order chi connectivity index (χ0) is 79.9. The molecule has 12 aromatic carbocycles. The Morgan fingerprint density at radius 2 is 0.634 bits per heavy atom. The largest absolute Gasteiger partial charge is 2.00 e. The summed E-state index contributed by atoms with van der Waals surface area (Å²) in [5.41, 5.74) is 31.1. The van der Waals surface area contributed by atoms with Gasteiger partial charge in [0.25, 0.3) is 0 Å². The number of aryl methyl sites for hydroxylation is 3. The van der Waals surface area contributed by atoms with Crippen LogP contribution < -0.4 is 0 Å². The Labute approximate surface area is 763 Å². The molecule has 0 fully saturated rings. The van der Waals surface area contributed by atoms with Crippen LogP contribution in [0.15, 0.2) is 342 Å². The Balaban J connectivity index is 0.000000120. The molecule has 12 nitrogen and oxygen atoms in total. The summed E-state index contributed by atoms with van der Waals surface area (Å²) in [4.78, 5) is 28.6. The summed E-state index contributed by atoms with van der Waals surface area (Å²) in [5, 5.41) is 20.0. The van der Waals surface area contributed by atoms with Crippen LogP contribution in [0.3, 0.4) is 0 Å². The fourth-order valence-electron chi connectivity index (χ4n) is 16.8. The molecule has 0 atom stereocenters. The Bertz CT molecular complexity index is 7850. The normalized spacial score (nSPS) is 11.3. The number of imidazole rings is 3. The Morgan fingerprint density at radius 3 is 1.07 bits per heavy atom. The number of para-hydroxylation sites is 6. The van der Waals surface area contributed by atoms with E-state index in [1.54, 1.807) is 34.0 Å². The van der Waals surface area contributed by atoms with Crippen molar-refractivity contribution in [1.29, 1.82) is 0 Å². The molecule has 12 aromatic heterocycles. The van der Waals surface area contributed by atoms with E-state index in [4.69, 9.17) is 15.0 Å². The minimum atomic E-state index is 0. The first kappa shape index (κ1) is 79.8. The first-order valence-corrected chi connectivity index (χ1v) is 42.2. The van der Waals surface area contributed by atoms with Crippen LogP contribution in [0.4, 0.5) is 0 Å². The van der Waals surface area contributed by atoms with Gasteiger partial charge < -0.3 is 42.4 Å². The molecule has 18 heteroatoms. The third-order valence-corrected chi connectivity index (χ3v) is 24.6. The summed E-state index contributed by atoms with van der Waals surface area (Å²) in [7, 11) is 6.20. The maximum Gasteiger partial charge on any atom is 2.00 e. The first-order valence-electron chi connectivity index (χ1n) is 39.4. The molecule has 12 heterocycles. The van der Waals surface area contributed by atoms with Crippen molar-refractivity contribution in [1.82, 2.24) is 57.3 Å². The molecule has 0 spiro atoms. The molecular weight excluding hydrogens is 2110 g/mol. The summed E-state index contributed by atoms with van der Waals surface area (Å²) >= 11 is 5.14. The Hall–Kier alpha value is -12.9. The van der Waals surface area contributed by atoms with E-state index in [1.807, 2.05) is 104 Å². The number of aromatic nitrogens is 12. The number of pyridine rings is 3. The van der Waals surface area contributed by atoms with Crippen molar-refractivity contribution in [2.45, 2.75) is 0 Å². The van der Waals surface area contributed by atoms with Gasteiger partial charge in [-0.25, -0.2) is 0 Å². The Morgan fingerprint density at radius 1 is 0.260 bits per heavy atom. The minimum Gasteiger partial charge on any atom is -0.367 e. The van der Waals surface area contributed by atoms with Crippen molar-refractivity contribution in [2.75, 3.05) is 0 Å². The second kappa shape index (κ2) is 33.8. The molecule has 24 aromatic rings. The van der Waals surface area contributed by atoms with Gasteiger partial charge in [0.05, 0.1) is 50.6 Å². The number of thiophene rings is 3. The SMILES string of the molecule is Cn1c(-c2[c-]c3c(cc2)c2c(-c4ccsc4)cccc2n3-c2[c-]c(-c3ccccn3)ccc2)nc2ccccc21.Cn1c(-c2[c-]c3c(cc2)c2cc(-c4ccsc4)ccc2n3-c2[c-]c(-c3ccccn3)ccc2)nc2ccccc21.Cn1c(-c2[c-]c3c(cc2)c2ccc(-c4ccsc4)cc2n3-c2[c-]c(-c3ccccn3)ccc2)nc2ccccc21.[Pt+2].[Pt+2].[Pt+2]. The van der Waals surface area contributed by atoms with Crippen LogP contribution in [0.2, 0.25) is 0 Å². The zero-order valence-corrected chi connectivity index (χ0v) is 75.2. The van der Waals surface area contributed by atoms with Gasteiger partial charge in [-0.05, 0) is 224 Å². The second-order valence-corrected chi connectivity index (χ2v) is 31.9. The molecule has 0 saturated carbocycles. The van der Waals surface area contributed by atoms with Crippen LogP contribution in [-0.4, -0.2) is 57.3 Å². The molecule has 24 rings (SSSR count). The molecule has 0 saturated heterocycles. The van der Waals surface area contributed by atoms with Crippen LogP contribution in [0.5, 0.6) is 0 Å². The van der Waals surface area contributed by atoms with Crippen molar-refractivity contribution < 1.29 is 63.2 Å². The summed E-state index contributed by atoms with van der Waals surface area (Å²) < 4.78 is 13.2. The molecule has 0 amide bonds. The van der Waals surface area contributed by atoms with E-state index in [0.29, 0.717) is 0 Å². The number of benzene rings is 12. The smallest absolute Gasteiger partial charge is 0.367 e. The molecule has 0 unspecified atom stereocenters. The van der Waals surface area contributed by atoms with E-state index in [-0.39, 0.29) is 63.2 Å². The fourth-order valence-corrected chi connectivity index (χ4v) is 18.8. The van der Waals surface area contributed by atoms with Crippen molar-refractivity contribution >= 4 is 133 Å². The molecule has 594 valence electrons. The predicted molar refractivity (Wildman–Crippen MR) is 494 cm³/mol. The number of hydrogen-bond donors (Lipinski definition) is 0. The van der Waals surface area contributed by atoms with Crippen molar-refractivity contribution in [2.24, 2.45) is 21.1 Å². The topological polar surface area (TPSA) is 107 Å². The van der Waals surface area contributed by atoms with Crippen molar-refractivity contribution in [3.05, 3.63) is 378 Å². The van der Waals surface area contributed by atoms with Crippen LogP contribution in [-0.2, 0) is 84.3 Å². The molecule has 123 heavy (non-hydrogen) atoms. The first-order chi connectivity index (χ1) is 59.2. The van der Waals surface area contributed by atoms with Crippen LogP contribution in [0.1, 0.15) is 0 Å². The summed E-state index contributed by atoms with van der Waals surface area (Å²) in [6.45, 7) is 0. The number of rotatable bonds is 12. The third kappa shape index (κ3) is 14.5. The van der Waals surface area contributed by atoms with E-state index in [2.05, 4.69) is 338 Å². The van der Waals surface area contributed by atoms with E-state index >= 15 is 0 Å². The molecule has 0 bridgehead atoms. The van der Waals surface area contributed by atoms with E-state index < -0.39 is 0 Å². The third-order valence-electron chi connectivity index (χ3n) is 22.6. The fraction of sp³-hybridized carbons (Fsp3) is 0.0286. The van der Waals surface area contributed by atoms with E-state index in [0.717, 1.165) is 167 Å². The molecule has 0 aliphatic carbocycles. The number of hydrogen-bond acceptors (Lipinski definition) is 9. The monoisotopic (exact) mass is 2180 g/mol. The van der Waals surface area contributed by atoms with Gasteiger partial charge >= 0.3 is 63.2 Å². The molecular formula is C105H66N12Pt3S3. The average molecular weight is 2180 g/mol. The Kier molecular flexibility index (Phi) is 21.9. The quantitative estimate of drug-likeness (QED) is 0.113. The van der Waals surface area contributed by atoms with E-state index in [9.17, 15) is 0 Å². The van der Waals surface area contributed by atoms with Gasteiger partial charge in [0, 0.05) is 56.3 Å². The average Bonchev–Trinajstić information content (AvgIpc) is 1.59. The van der Waals surface area contributed by atoms with Crippen molar-refractivity contribution in [3.8, 4) is 118 Å². The van der Waals surface area contributed by atoms with Gasteiger partial charge in [-0.2, -0.15) is 34.0 Å². The molecule has 0 aliphatic rings. The molecule has 0 aliphatic heterocycles. The molecule has 0 N–H and O–H groups in total. The van der Waals surface area contributed by atoms with Gasteiger partial charge in [-0.3, -0.25) is 15.0 Å². The van der Waals surface area contributed by atoms with Crippen molar-refractivity contribution in [3.63, 3.8) is 0 Å². The summed E-state index contributed by atoms with van der Waals surface area (Å²) in [6.07, 6.45) is 5.46. The molecule has 0 radical (unpaired) electrons. The van der Waals surface area contributed by atoms with Crippen LogP contribution >= 0.6 is 34.0 Å². The maximum atomic E-state index is 4.97. The van der Waals surface area contributed by atoms with Crippen LogP contribution in [0.25, 0.3) is 217 Å². The summed E-state index contributed by atoms with van der Waals surface area (Å²) in [6, 6.07) is 123. The minimum absolute atomic E-state index is 0. The number of fused-ring (bicyclic) bond motifs is 12. The van der Waals surface area contributed by atoms with Gasteiger partial charge in [-0.1, -0.05) is 125 Å². The standard InChI is InChI=1S/3C35H22N4S.3Pt/c1-38-31-13-3-2-12-30(31)37-35(38)24-15-16-28-33(21-24)39(26-9-6-8-23(20-26)29-11-4-5-18-36-29)32-14-7-10-27(34(28)32)25-17-19-40-22-25;1-38-33-11-3-2-10-31(33)37-35(38)25-12-14-28-29-20-23(26-16-18-40-22-26)13-15-32(29)39(34(28)21-25)27-8-6-7-24(19-27)30-9-4-5-17-36-30;1-38-32-11-3-2-10-31(32)37-35(38)25-13-15-29-28-14-12-23(26-16-18-40-22-26)20-33(28)39(34(29)21-25)27-8-6-7-24(19-27)30-9-4-5-17-36-30;;;/h2-19,22H,1H3;2*2-18,20,22H,1H3;;;/q3*-2;3*+2. The van der Waals surface area contributed by atoms with Gasteiger partial charge in [0.1, 0.15) is 0 Å². The van der Waals surface area contributed by atoms with Crippen LogP contribution in [0, 0.1) is 36.4 Å². The maximum absolute atomic E-state index is 4.97. The van der Waals surface area contributed by atoms with Gasteiger partial charge in [0.15, 0.2) is 0 Å². The number of nitrogens with zero attached hydrogens (tertiary/aromatic N) is 12.